The fourth-order valence-electron chi connectivity index (χ4n) is 4.80. The van der Waals surface area contributed by atoms with E-state index in [1.54, 1.807) is 5.57 Å². The van der Waals surface area contributed by atoms with Crippen molar-refractivity contribution < 1.29 is 0 Å². The summed E-state index contributed by atoms with van der Waals surface area (Å²) in [6.07, 6.45) is 16.3. The summed E-state index contributed by atoms with van der Waals surface area (Å²) in [6, 6.07) is 8.85. The van der Waals surface area contributed by atoms with Crippen LogP contribution in [0.3, 0.4) is 0 Å². The van der Waals surface area contributed by atoms with Gasteiger partial charge in [0.1, 0.15) is 0 Å². The number of unbranched alkanes of at least 4 members (excludes halogenated alkanes) is 6. The third kappa shape index (κ3) is 3.55. The molecule has 0 saturated carbocycles. The first-order valence-corrected chi connectivity index (χ1v) is 10.4. The van der Waals surface area contributed by atoms with Crippen LogP contribution in [-0.2, 0) is 0 Å². The first kappa shape index (κ1) is 17.6. The van der Waals surface area contributed by atoms with Crippen molar-refractivity contribution in [1.29, 1.82) is 0 Å². The highest BCUT2D eigenvalue weighted by Gasteiger charge is 2.44. The maximum atomic E-state index is 4.98. The minimum atomic E-state index is 0.424. The Balaban J connectivity index is 1.77. The Hall–Kier alpha value is -1.24. The molecule has 0 atom stereocenters. The van der Waals surface area contributed by atoms with Gasteiger partial charge in [0.2, 0.25) is 0 Å². The summed E-state index contributed by atoms with van der Waals surface area (Å²) < 4.78 is 0. The average molecular weight is 325 g/mol. The zero-order valence-electron chi connectivity index (χ0n) is 15.7. The summed E-state index contributed by atoms with van der Waals surface area (Å²) >= 11 is 0. The molecule has 0 spiro atoms. The van der Waals surface area contributed by atoms with E-state index in [1.165, 1.54) is 94.0 Å². The first-order valence-electron chi connectivity index (χ1n) is 10.4. The van der Waals surface area contributed by atoms with E-state index in [4.69, 9.17) is 5.32 Å². The number of rotatable bonds is 10. The van der Waals surface area contributed by atoms with Crippen LogP contribution in [0.2, 0.25) is 0 Å². The van der Waals surface area contributed by atoms with E-state index >= 15 is 0 Å². The molecule has 0 saturated heterocycles. The second-order valence-corrected chi connectivity index (χ2v) is 7.85. The van der Waals surface area contributed by atoms with E-state index in [0.29, 0.717) is 5.41 Å². The van der Waals surface area contributed by atoms with Gasteiger partial charge in [-0.25, -0.2) is 0 Å². The number of hydrogen-bond acceptors (Lipinski definition) is 0. The summed E-state index contributed by atoms with van der Waals surface area (Å²) in [6.45, 7) is 4.62. The molecule has 1 aromatic rings. The van der Waals surface area contributed by atoms with E-state index in [1.807, 2.05) is 0 Å². The van der Waals surface area contributed by atoms with Gasteiger partial charge in [0.05, 0.1) is 5.69 Å². The largest absolute Gasteiger partial charge is 0.252 e. The highest BCUT2D eigenvalue weighted by Crippen LogP contribution is 2.58. The highest BCUT2D eigenvalue weighted by atomic mass is 14.9. The summed E-state index contributed by atoms with van der Waals surface area (Å²) in [5.74, 6) is 0. The third-order valence-corrected chi connectivity index (χ3v) is 6.11. The molecule has 24 heavy (non-hydrogen) atoms. The van der Waals surface area contributed by atoms with E-state index in [0.717, 1.165) is 0 Å². The second-order valence-electron chi connectivity index (χ2n) is 7.85. The average Bonchev–Trinajstić information content (AvgIpc) is 3.14. The highest BCUT2D eigenvalue weighted by molar-refractivity contribution is 5.86. The molecule has 3 rings (SSSR count). The van der Waals surface area contributed by atoms with Crippen molar-refractivity contribution in [2.75, 3.05) is 0 Å². The van der Waals surface area contributed by atoms with Crippen LogP contribution in [0.4, 0.5) is 5.69 Å². The number of hydrogen-bond donors (Lipinski definition) is 0. The molecule has 1 radical (unpaired) electrons. The van der Waals surface area contributed by atoms with Gasteiger partial charge in [-0.3, -0.25) is 5.32 Å². The van der Waals surface area contributed by atoms with Gasteiger partial charge < -0.3 is 0 Å². The van der Waals surface area contributed by atoms with Gasteiger partial charge in [-0.05, 0) is 42.7 Å². The van der Waals surface area contributed by atoms with Crippen LogP contribution in [0.1, 0.15) is 96.5 Å². The van der Waals surface area contributed by atoms with Crippen LogP contribution in [0.15, 0.2) is 30.0 Å². The van der Waals surface area contributed by atoms with Gasteiger partial charge in [-0.1, -0.05) is 83.4 Å². The van der Waals surface area contributed by atoms with Crippen LogP contribution < -0.4 is 5.32 Å². The fraction of sp³-hybridized carbons (Fsp3) is 0.652. The molecule has 1 nitrogen and oxygen atoms in total. The molecule has 1 aromatic carbocycles. The molecule has 1 aliphatic carbocycles. The van der Waals surface area contributed by atoms with Crippen molar-refractivity contribution in [3.63, 3.8) is 0 Å². The summed E-state index contributed by atoms with van der Waals surface area (Å²) in [7, 11) is 0. The monoisotopic (exact) mass is 324 g/mol. The van der Waals surface area contributed by atoms with Crippen molar-refractivity contribution in [1.82, 2.24) is 5.32 Å². The van der Waals surface area contributed by atoms with Crippen LogP contribution >= 0.6 is 0 Å². The lowest BCUT2D eigenvalue weighted by Crippen LogP contribution is -2.19. The van der Waals surface area contributed by atoms with Crippen LogP contribution in [0, 0.1) is 5.41 Å². The maximum Gasteiger partial charge on any atom is 0.0709 e. The quantitative estimate of drug-likeness (QED) is 0.399. The topological polar surface area (TPSA) is 14.1 Å². The number of nitrogens with zero attached hydrogens (tertiary/aromatic N) is 1. The molecule has 0 unspecified atom stereocenters. The van der Waals surface area contributed by atoms with Crippen molar-refractivity contribution in [3.05, 3.63) is 35.5 Å². The van der Waals surface area contributed by atoms with Crippen LogP contribution in [0.5, 0.6) is 0 Å². The van der Waals surface area contributed by atoms with Gasteiger partial charge >= 0.3 is 0 Å². The van der Waals surface area contributed by atoms with Crippen molar-refractivity contribution in [2.45, 2.75) is 90.9 Å². The fourth-order valence-corrected chi connectivity index (χ4v) is 4.80. The normalized spacial score (nSPS) is 17.8. The Morgan fingerprint density at radius 1 is 0.875 bits per heavy atom. The van der Waals surface area contributed by atoms with Crippen molar-refractivity contribution in [2.24, 2.45) is 5.41 Å². The van der Waals surface area contributed by atoms with E-state index in [-0.39, 0.29) is 0 Å². The van der Waals surface area contributed by atoms with Gasteiger partial charge in [0.25, 0.3) is 0 Å². The number of allylic oxidation sites excluding steroid dienone is 2. The molecule has 1 heterocycles. The molecular formula is C23H34N. The van der Waals surface area contributed by atoms with Gasteiger partial charge in [0, 0.05) is 11.3 Å². The number of para-hydroxylation sites is 1. The lowest BCUT2D eigenvalue weighted by Gasteiger charge is -2.33. The summed E-state index contributed by atoms with van der Waals surface area (Å²) in [5.41, 5.74) is 6.17. The van der Waals surface area contributed by atoms with Gasteiger partial charge in [0.15, 0.2) is 0 Å². The zero-order valence-corrected chi connectivity index (χ0v) is 15.7. The lowest BCUT2D eigenvalue weighted by atomic mass is 9.71. The van der Waals surface area contributed by atoms with Crippen LogP contribution in [-0.4, -0.2) is 0 Å². The summed E-state index contributed by atoms with van der Waals surface area (Å²) in [4.78, 5) is 0. The molecule has 0 bridgehead atoms. The Labute approximate surface area is 148 Å². The number of fused-ring (bicyclic) bond motifs is 2. The van der Waals surface area contributed by atoms with Crippen molar-refractivity contribution in [3.8, 4) is 0 Å². The molecule has 0 amide bonds. The molecule has 131 valence electrons. The molecule has 0 N–H and O–H groups in total. The smallest absolute Gasteiger partial charge is 0.0709 e. The lowest BCUT2D eigenvalue weighted by molar-refractivity contribution is 0.304. The molecule has 1 aliphatic heterocycles. The zero-order chi connectivity index (χ0) is 16.8. The third-order valence-electron chi connectivity index (χ3n) is 6.11. The molecule has 0 fully saturated rings. The Morgan fingerprint density at radius 3 is 2.21 bits per heavy atom. The van der Waals surface area contributed by atoms with Crippen molar-refractivity contribution >= 4 is 11.3 Å². The molecule has 1 heteroatoms. The van der Waals surface area contributed by atoms with Crippen LogP contribution in [0.25, 0.3) is 5.57 Å². The Kier molecular flexibility index (Phi) is 6.03. The van der Waals surface area contributed by atoms with Gasteiger partial charge in [-0.2, -0.15) is 0 Å². The minimum Gasteiger partial charge on any atom is -0.252 e. The van der Waals surface area contributed by atoms with E-state index in [2.05, 4.69) is 38.1 Å². The molecular weight excluding hydrogens is 290 g/mol. The Morgan fingerprint density at radius 2 is 1.54 bits per heavy atom. The first-order chi connectivity index (χ1) is 11.8. The standard InChI is InChI=1S/C23H34N/c1-3-5-7-11-16-23(17-12-8-6-4-2)18-15-21-22(23)19-13-9-10-14-20(19)24-21/h9-10,13-14H,3-8,11-12,15-18H2,1-2H3. The summed E-state index contributed by atoms with van der Waals surface area (Å²) in [5, 5.41) is 4.98. The van der Waals surface area contributed by atoms with E-state index < -0.39 is 0 Å². The Bertz CT molecular complexity index is 557. The second kappa shape index (κ2) is 8.23. The maximum absolute atomic E-state index is 4.98. The molecule has 2 aliphatic rings. The number of benzene rings is 1. The SMILES string of the molecule is CCCCCCC1(CCCCCC)CCC2=C1c1ccccc1[N]2. The predicted molar refractivity (Wildman–Crippen MR) is 104 cm³/mol. The molecule has 0 aromatic heterocycles. The predicted octanol–water partition coefficient (Wildman–Crippen LogP) is 7.37. The minimum absolute atomic E-state index is 0.424. The van der Waals surface area contributed by atoms with Gasteiger partial charge in [-0.15, -0.1) is 0 Å². The van der Waals surface area contributed by atoms with E-state index in [9.17, 15) is 0 Å².